The van der Waals surface area contributed by atoms with Gasteiger partial charge in [-0.2, -0.15) is 0 Å². The van der Waals surface area contributed by atoms with E-state index in [1.54, 1.807) is 0 Å². The summed E-state index contributed by atoms with van der Waals surface area (Å²) in [4.78, 5) is 4.13. The average Bonchev–Trinajstić information content (AvgIpc) is 1.95. The van der Waals surface area contributed by atoms with Crippen molar-refractivity contribution in [1.29, 1.82) is 0 Å². The molecule has 0 aromatic carbocycles. The number of ether oxygens (including phenoxy) is 1. The molecule has 0 unspecified atom stereocenters. The SMILES string of the molecule is [CH2-][OH+]Cc1ccc(C)cn1. The summed E-state index contributed by atoms with van der Waals surface area (Å²) in [5, 5.41) is 0. The number of rotatable bonds is 2. The van der Waals surface area contributed by atoms with Crippen LogP contribution in [0, 0.1) is 14.0 Å². The minimum Gasteiger partial charge on any atom is -0.577 e. The Bertz CT molecular complexity index is 193. The third-order valence-corrected chi connectivity index (χ3v) is 1.25. The zero-order chi connectivity index (χ0) is 7.40. The monoisotopic (exact) mass is 137 g/mol. The molecule has 0 aliphatic carbocycles. The Hall–Kier alpha value is -0.890. The summed E-state index contributed by atoms with van der Waals surface area (Å²) in [5.74, 6) is 0. The Morgan fingerprint density at radius 1 is 1.60 bits per heavy atom. The van der Waals surface area contributed by atoms with E-state index in [1.807, 2.05) is 25.3 Å². The molecule has 54 valence electrons. The van der Waals surface area contributed by atoms with E-state index in [0.29, 0.717) is 6.61 Å². The number of hydrogen-bond donors (Lipinski definition) is 0. The Labute approximate surface area is 60.9 Å². The first-order valence-corrected chi connectivity index (χ1v) is 3.17. The van der Waals surface area contributed by atoms with Crippen LogP contribution in [0.2, 0.25) is 0 Å². The fourth-order valence-corrected chi connectivity index (χ4v) is 0.707. The van der Waals surface area contributed by atoms with Gasteiger partial charge in [-0.15, -0.1) is 0 Å². The van der Waals surface area contributed by atoms with Crippen molar-refractivity contribution in [2.24, 2.45) is 0 Å². The van der Waals surface area contributed by atoms with Crippen LogP contribution in [0.5, 0.6) is 0 Å². The van der Waals surface area contributed by atoms with Gasteiger partial charge in [0.25, 0.3) is 0 Å². The molecule has 1 aromatic heterocycles. The van der Waals surface area contributed by atoms with Crippen LogP contribution in [0.1, 0.15) is 11.3 Å². The van der Waals surface area contributed by atoms with Crippen LogP contribution in [0.15, 0.2) is 18.3 Å². The largest absolute Gasteiger partial charge is 0.577 e. The lowest BCUT2D eigenvalue weighted by Gasteiger charge is -1.98. The zero-order valence-electron chi connectivity index (χ0n) is 6.04. The maximum Gasteiger partial charge on any atom is 0.162 e. The third-order valence-electron chi connectivity index (χ3n) is 1.25. The van der Waals surface area contributed by atoms with Crippen LogP contribution in [0.25, 0.3) is 0 Å². The maximum atomic E-state index is 4.13. The lowest BCUT2D eigenvalue weighted by molar-refractivity contribution is 0.0377. The molecule has 0 bridgehead atoms. The molecule has 0 amide bonds. The molecule has 10 heavy (non-hydrogen) atoms. The van der Waals surface area contributed by atoms with Gasteiger partial charge in [0.05, 0.1) is 0 Å². The quantitative estimate of drug-likeness (QED) is 0.444. The van der Waals surface area contributed by atoms with E-state index in [1.165, 1.54) is 5.56 Å². The van der Waals surface area contributed by atoms with Crippen LogP contribution >= 0.6 is 0 Å². The Kier molecular flexibility index (Phi) is 2.40. The molecule has 1 rings (SSSR count). The van der Waals surface area contributed by atoms with Gasteiger partial charge >= 0.3 is 0 Å². The average molecular weight is 137 g/mol. The van der Waals surface area contributed by atoms with Crippen molar-refractivity contribution >= 4 is 0 Å². The van der Waals surface area contributed by atoms with Crippen LogP contribution in [0.4, 0.5) is 0 Å². The number of aromatic nitrogens is 1. The second kappa shape index (κ2) is 3.32. The van der Waals surface area contributed by atoms with Gasteiger partial charge in [0.15, 0.2) is 6.61 Å². The van der Waals surface area contributed by atoms with E-state index in [4.69, 9.17) is 0 Å². The van der Waals surface area contributed by atoms with Crippen molar-refractivity contribution in [3.05, 3.63) is 36.7 Å². The molecule has 0 spiro atoms. The van der Waals surface area contributed by atoms with Gasteiger partial charge in [-0.05, 0) is 18.6 Å². The van der Waals surface area contributed by atoms with Crippen molar-refractivity contribution in [3.63, 3.8) is 0 Å². The summed E-state index contributed by atoms with van der Waals surface area (Å²) in [6.45, 7) is 2.62. The third kappa shape index (κ3) is 1.81. The molecule has 0 saturated carbocycles. The van der Waals surface area contributed by atoms with Crippen LogP contribution in [0.3, 0.4) is 0 Å². The first-order valence-electron chi connectivity index (χ1n) is 3.17. The second-order valence-corrected chi connectivity index (χ2v) is 2.21. The molecular weight excluding hydrogens is 126 g/mol. The normalized spacial score (nSPS) is 9.80. The first kappa shape index (κ1) is 7.22. The Morgan fingerprint density at radius 2 is 2.40 bits per heavy atom. The molecule has 0 saturated heterocycles. The molecule has 0 aliphatic heterocycles. The predicted octanol–water partition coefficient (Wildman–Crippen LogP) is 1.21. The molecule has 0 aliphatic rings. The number of aryl methyl sites for hydroxylation is 1. The summed E-state index contributed by atoms with van der Waals surface area (Å²) in [6.07, 6.45) is 1.83. The van der Waals surface area contributed by atoms with Crippen molar-refractivity contribution < 1.29 is 4.74 Å². The molecule has 0 fully saturated rings. The molecule has 0 radical (unpaired) electrons. The highest BCUT2D eigenvalue weighted by Gasteiger charge is 1.91. The smallest absolute Gasteiger partial charge is 0.162 e. The standard InChI is InChI=1S/C8H11NO/c1-7-3-4-8(6-10-2)9-5-7/h3-5,10H,2,6H2,1H3. The van der Waals surface area contributed by atoms with Crippen molar-refractivity contribution in [3.8, 4) is 0 Å². The van der Waals surface area contributed by atoms with Gasteiger partial charge < -0.3 is 4.74 Å². The number of pyridine rings is 1. The molecule has 2 heteroatoms. The minimum absolute atomic E-state index is 0.611. The lowest BCUT2D eigenvalue weighted by Crippen LogP contribution is -1.92. The van der Waals surface area contributed by atoms with E-state index >= 15 is 0 Å². The molecule has 1 aromatic rings. The fraction of sp³-hybridized carbons (Fsp3) is 0.250. The summed E-state index contributed by atoms with van der Waals surface area (Å²) in [5.41, 5.74) is 2.15. The lowest BCUT2D eigenvalue weighted by atomic mass is 10.3. The summed E-state index contributed by atoms with van der Waals surface area (Å²) < 4.78 is 3.72. The molecule has 2 nitrogen and oxygen atoms in total. The number of aliphatic hydroxyl groups is 2. The maximum absolute atomic E-state index is 4.13. The zero-order valence-corrected chi connectivity index (χ0v) is 6.04. The van der Waals surface area contributed by atoms with E-state index in [2.05, 4.69) is 16.8 Å². The van der Waals surface area contributed by atoms with E-state index < -0.39 is 0 Å². The van der Waals surface area contributed by atoms with Crippen molar-refractivity contribution in [2.75, 3.05) is 0 Å². The van der Waals surface area contributed by atoms with Crippen molar-refractivity contribution in [1.82, 2.24) is 4.98 Å². The fourth-order valence-electron chi connectivity index (χ4n) is 0.707. The number of nitrogens with zero attached hydrogens (tertiary/aromatic N) is 1. The number of hydrogen-bond acceptors (Lipinski definition) is 1. The topological polar surface area (TPSA) is 25.7 Å². The van der Waals surface area contributed by atoms with Gasteiger partial charge in [-0.3, -0.25) is 4.98 Å². The van der Waals surface area contributed by atoms with Crippen LogP contribution < -0.4 is 0 Å². The molecular formula is C8H11NO. The highest BCUT2D eigenvalue weighted by atomic mass is 16.5. The van der Waals surface area contributed by atoms with E-state index in [0.717, 1.165) is 5.69 Å². The van der Waals surface area contributed by atoms with Gasteiger partial charge in [0.1, 0.15) is 5.69 Å². The molecule has 1 N–H and O–H groups in total. The molecule has 0 atom stereocenters. The van der Waals surface area contributed by atoms with Gasteiger partial charge in [-0.25, -0.2) is 0 Å². The summed E-state index contributed by atoms with van der Waals surface area (Å²) in [6, 6.07) is 3.98. The minimum atomic E-state index is 0.611. The Balaban J connectivity index is 2.69. The summed E-state index contributed by atoms with van der Waals surface area (Å²) >= 11 is 0. The predicted molar refractivity (Wildman–Crippen MR) is 40.3 cm³/mol. The van der Waals surface area contributed by atoms with Gasteiger partial charge in [0.2, 0.25) is 0 Å². The summed E-state index contributed by atoms with van der Waals surface area (Å²) in [7, 11) is 3.39. The van der Waals surface area contributed by atoms with E-state index in [-0.39, 0.29) is 0 Å². The van der Waals surface area contributed by atoms with Crippen LogP contribution in [-0.2, 0) is 6.61 Å². The van der Waals surface area contributed by atoms with Crippen molar-refractivity contribution in [2.45, 2.75) is 13.5 Å². The van der Waals surface area contributed by atoms with E-state index in [9.17, 15) is 0 Å². The van der Waals surface area contributed by atoms with Crippen LogP contribution in [-0.4, -0.2) is 9.72 Å². The highest BCUT2D eigenvalue weighted by molar-refractivity contribution is 5.11. The first-order chi connectivity index (χ1) is 4.83. The second-order valence-electron chi connectivity index (χ2n) is 2.21. The molecule has 1 heterocycles. The van der Waals surface area contributed by atoms with Gasteiger partial charge in [-0.1, -0.05) is 13.2 Å². The Morgan fingerprint density at radius 3 is 2.90 bits per heavy atom. The van der Waals surface area contributed by atoms with Gasteiger partial charge in [0, 0.05) is 6.20 Å². The highest BCUT2D eigenvalue weighted by Crippen LogP contribution is 1.97.